The average Bonchev–Trinajstić information content (AvgIpc) is 2.71. The summed E-state index contributed by atoms with van der Waals surface area (Å²) in [4.78, 5) is 0. The first-order valence-electron chi connectivity index (χ1n) is 6.48. The van der Waals surface area contributed by atoms with E-state index in [0.29, 0.717) is 6.04 Å². The van der Waals surface area contributed by atoms with Crippen molar-refractivity contribution in [3.8, 4) is 0 Å². The maximum atomic E-state index is 5.92. The number of aryl methyl sites for hydroxylation is 1. The Bertz CT molecular complexity index is 386. The monoisotopic (exact) mass is 236 g/mol. The molecule has 2 fully saturated rings. The molecule has 1 aromatic heterocycles. The second kappa shape index (κ2) is 4.38. The maximum absolute atomic E-state index is 5.92. The van der Waals surface area contributed by atoms with E-state index in [2.05, 4.69) is 15.6 Å². The van der Waals surface area contributed by atoms with Gasteiger partial charge < -0.3 is 10.1 Å². The highest BCUT2D eigenvalue weighted by Gasteiger charge is 2.42. The molecule has 1 saturated heterocycles. The van der Waals surface area contributed by atoms with Crippen LogP contribution in [0.3, 0.4) is 0 Å². The van der Waals surface area contributed by atoms with Crippen LogP contribution in [0.1, 0.15) is 37.8 Å². The molecule has 1 unspecified atom stereocenters. The summed E-state index contributed by atoms with van der Waals surface area (Å²) in [7, 11) is 1.93. The third-order valence-electron chi connectivity index (χ3n) is 4.14. The molecule has 17 heavy (non-hydrogen) atoms. The minimum atomic E-state index is 0.223. The van der Waals surface area contributed by atoms with Gasteiger partial charge in [0.25, 0.3) is 0 Å². The van der Waals surface area contributed by atoms with Crippen LogP contribution in [-0.4, -0.2) is 33.2 Å². The van der Waals surface area contributed by atoms with E-state index in [9.17, 15) is 0 Å². The fourth-order valence-corrected chi connectivity index (χ4v) is 2.84. The van der Waals surface area contributed by atoms with Gasteiger partial charge in [-0.05, 0) is 32.1 Å². The molecule has 0 radical (unpaired) electrons. The van der Waals surface area contributed by atoms with Crippen LogP contribution in [0, 0.1) is 0 Å². The fourth-order valence-electron chi connectivity index (χ4n) is 2.84. The van der Waals surface area contributed by atoms with Gasteiger partial charge in [-0.1, -0.05) is 5.21 Å². The van der Waals surface area contributed by atoms with E-state index in [-0.39, 0.29) is 5.60 Å². The molecule has 0 bridgehead atoms. The Kier molecular flexibility index (Phi) is 2.88. The smallest absolute Gasteiger partial charge is 0.0738 e. The number of nitrogens with zero attached hydrogens (tertiary/aromatic N) is 3. The average molecular weight is 236 g/mol. The predicted molar refractivity (Wildman–Crippen MR) is 63.4 cm³/mol. The molecule has 1 N–H and O–H groups in total. The zero-order chi connectivity index (χ0) is 11.7. The van der Waals surface area contributed by atoms with Crippen LogP contribution in [0.4, 0.5) is 0 Å². The lowest BCUT2D eigenvalue weighted by molar-refractivity contribution is -0.135. The molecular weight excluding hydrogens is 216 g/mol. The molecule has 0 amide bonds. The quantitative estimate of drug-likeness (QED) is 0.851. The van der Waals surface area contributed by atoms with Gasteiger partial charge in [0.1, 0.15) is 0 Å². The zero-order valence-electron chi connectivity index (χ0n) is 10.4. The van der Waals surface area contributed by atoms with Gasteiger partial charge in [0.2, 0.25) is 0 Å². The summed E-state index contributed by atoms with van der Waals surface area (Å²) in [5, 5.41) is 11.4. The standard InChI is InChI=1S/C12H20N4O/c1-16-11(9-14-15-16)8-13-10-3-6-17-12(7-10)4-2-5-12/h9-10,13H,2-8H2,1H3. The Morgan fingerprint density at radius 2 is 2.47 bits per heavy atom. The molecule has 1 atom stereocenters. The number of nitrogens with one attached hydrogen (secondary N) is 1. The topological polar surface area (TPSA) is 52.0 Å². The van der Waals surface area contributed by atoms with Crippen molar-refractivity contribution in [2.45, 2.75) is 50.3 Å². The highest BCUT2D eigenvalue weighted by atomic mass is 16.5. The van der Waals surface area contributed by atoms with E-state index in [1.807, 2.05) is 17.9 Å². The first-order chi connectivity index (χ1) is 8.27. The van der Waals surface area contributed by atoms with E-state index in [1.54, 1.807) is 0 Å². The molecule has 1 aromatic rings. The summed E-state index contributed by atoms with van der Waals surface area (Å²) in [5.74, 6) is 0. The lowest BCUT2D eigenvalue weighted by atomic mass is 9.74. The minimum absolute atomic E-state index is 0.223. The van der Waals surface area contributed by atoms with Crippen LogP contribution in [0.15, 0.2) is 6.20 Å². The van der Waals surface area contributed by atoms with Crippen molar-refractivity contribution in [1.82, 2.24) is 20.3 Å². The van der Waals surface area contributed by atoms with E-state index >= 15 is 0 Å². The fraction of sp³-hybridized carbons (Fsp3) is 0.833. The van der Waals surface area contributed by atoms with Gasteiger partial charge in [-0.25, -0.2) is 0 Å². The Labute approximate surface area is 102 Å². The SMILES string of the molecule is Cn1nncc1CNC1CCOC2(CCC2)C1. The first-order valence-corrected chi connectivity index (χ1v) is 6.48. The molecule has 1 spiro atoms. The Morgan fingerprint density at radius 1 is 1.59 bits per heavy atom. The van der Waals surface area contributed by atoms with Crippen LogP contribution in [0.25, 0.3) is 0 Å². The lowest BCUT2D eigenvalue weighted by Crippen LogP contribution is -2.50. The normalized spacial score (nSPS) is 27.0. The Hall–Kier alpha value is -0.940. The van der Waals surface area contributed by atoms with Crippen molar-refractivity contribution in [2.24, 2.45) is 7.05 Å². The van der Waals surface area contributed by atoms with Crippen LogP contribution >= 0.6 is 0 Å². The number of hydrogen-bond acceptors (Lipinski definition) is 4. The predicted octanol–water partition coefficient (Wildman–Crippen LogP) is 1.01. The molecule has 3 rings (SSSR count). The van der Waals surface area contributed by atoms with Crippen molar-refractivity contribution in [3.05, 3.63) is 11.9 Å². The molecule has 0 aromatic carbocycles. The molecule has 2 aliphatic rings. The van der Waals surface area contributed by atoms with Gasteiger partial charge in [0.05, 0.1) is 17.5 Å². The van der Waals surface area contributed by atoms with Crippen molar-refractivity contribution < 1.29 is 4.74 Å². The van der Waals surface area contributed by atoms with Gasteiger partial charge in [-0.2, -0.15) is 0 Å². The van der Waals surface area contributed by atoms with Crippen molar-refractivity contribution in [3.63, 3.8) is 0 Å². The molecule has 2 heterocycles. The number of rotatable bonds is 3. The third-order valence-corrected chi connectivity index (χ3v) is 4.14. The molecule has 5 nitrogen and oxygen atoms in total. The second-order valence-electron chi connectivity index (χ2n) is 5.30. The minimum Gasteiger partial charge on any atom is -0.375 e. The molecule has 1 saturated carbocycles. The van der Waals surface area contributed by atoms with E-state index in [4.69, 9.17) is 4.74 Å². The van der Waals surface area contributed by atoms with E-state index in [0.717, 1.165) is 31.7 Å². The number of aromatic nitrogens is 3. The summed E-state index contributed by atoms with van der Waals surface area (Å²) in [6, 6.07) is 0.582. The first kappa shape index (κ1) is 11.2. The molecule has 5 heteroatoms. The van der Waals surface area contributed by atoms with Crippen LogP contribution in [0.2, 0.25) is 0 Å². The highest BCUT2D eigenvalue weighted by Crippen LogP contribution is 2.42. The van der Waals surface area contributed by atoms with Gasteiger partial charge in [0, 0.05) is 26.2 Å². The molecule has 94 valence electrons. The highest BCUT2D eigenvalue weighted by molar-refractivity contribution is 4.98. The second-order valence-corrected chi connectivity index (χ2v) is 5.30. The van der Waals surface area contributed by atoms with Crippen molar-refractivity contribution >= 4 is 0 Å². The van der Waals surface area contributed by atoms with Crippen molar-refractivity contribution in [2.75, 3.05) is 6.61 Å². The van der Waals surface area contributed by atoms with Crippen molar-refractivity contribution in [1.29, 1.82) is 0 Å². The maximum Gasteiger partial charge on any atom is 0.0738 e. The summed E-state index contributed by atoms with van der Waals surface area (Å²) < 4.78 is 7.75. The van der Waals surface area contributed by atoms with Gasteiger partial charge >= 0.3 is 0 Å². The zero-order valence-corrected chi connectivity index (χ0v) is 10.4. The lowest BCUT2D eigenvalue weighted by Gasteiger charge is -2.47. The van der Waals surface area contributed by atoms with Crippen LogP contribution in [0.5, 0.6) is 0 Å². The summed E-state index contributed by atoms with van der Waals surface area (Å²) in [6.45, 7) is 1.76. The molecule has 1 aliphatic heterocycles. The molecular formula is C12H20N4O. The Balaban J connectivity index is 1.53. The third kappa shape index (κ3) is 2.21. The van der Waals surface area contributed by atoms with E-state index < -0.39 is 0 Å². The van der Waals surface area contributed by atoms with Gasteiger partial charge in [-0.3, -0.25) is 4.68 Å². The van der Waals surface area contributed by atoms with Crippen LogP contribution < -0.4 is 5.32 Å². The Morgan fingerprint density at radius 3 is 3.12 bits per heavy atom. The van der Waals surface area contributed by atoms with Crippen LogP contribution in [-0.2, 0) is 18.3 Å². The van der Waals surface area contributed by atoms with E-state index in [1.165, 1.54) is 19.3 Å². The largest absolute Gasteiger partial charge is 0.375 e. The van der Waals surface area contributed by atoms with Gasteiger partial charge in [-0.15, -0.1) is 5.10 Å². The number of ether oxygens (including phenoxy) is 1. The van der Waals surface area contributed by atoms with Gasteiger partial charge in [0.15, 0.2) is 0 Å². The number of hydrogen-bond donors (Lipinski definition) is 1. The molecule has 1 aliphatic carbocycles. The summed E-state index contributed by atoms with van der Waals surface area (Å²) in [6.07, 6.45) is 7.94. The summed E-state index contributed by atoms with van der Waals surface area (Å²) in [5.41, 5.74) is 1.36. The summed E-state index contributed by atoms with van der Waals surface area (Å²) >= 11 is 0.